The molecule has 0 atom stereocenters. The Bertz CT molecular complexity index is 496. The standard InChI is InChI=1S/C24H40O2/c1-4-7-10-13-16-20-19-23(25)24(26)22(18-15-12-9-6-3)21(20)17-14-11-8-5-2/h19H,4-18H2,1-3H3. The molecule has 0 saturated carbocycles. The first-order valence-electron chi connectivity index (χ1n) is 11.2. The molecular formula is C24H40O2. The lowest BCUT2D eigenvalue weighted by Gasteiger charge is -2.21. The number of carbonyl (C=O) groups is 2. The van der Waals surface area contributed by atoms with Gasteiger partial charge in [0.15, 0.2) is 0 Å². The highest BCUT2D eigenvalue weighted by atomic mass is 16.2. The Labute approximate surface area is 161 Å². The highest BCUT2D eigenvalue weighted by Crippen LogP contribution is 2.32. The van der Waals surface area contributed by atoms with Crippen LogP contribution in [-0.4, -0.2) is 11.6 Å². The first-order chi connectivity index (χ1) is 12.7. The number of ketones is 2. The molecule has 0 fully saturated rings. The molecule has 1 aliphatic carbocycles. The van der Waals surface area contributed by atoms with E-state index in [1.807, 2.05) is 0 Å². The van der Waals surface area contributed by atoms with Gasteiger partial charge in [0, 0.05) is 5.57 Å². The van der Waals surface area contributed by atoms with Crippen LogP contribution in [-0.2, 0) is 9.59 Å². The molecule has 0 saturated heterocycles. The van der Waals surface area contributed by atoms with Crippen molar-refractivity contribution in [1.82, 2.24) is 0 Å². The van der Waals surface area contributed by atoms with Gasteiger partial charge in [-0.1, -0.05) is 78.6 Å². The maximum atomic E-state index is 12.6. The number of allylic oxidation sites excluding steroid dienone is 4. The van der Waals surface area contributed by atoms with Gasteiger partial charge in [-0.05, 0) is 55.7 Å². The van der Waals surface area contributed by atoms with Gasteiger partial charge in [0.05, 0.1) is 0 Å². The van der Waals surface area contributed by atoms with Crippen LogP contribution in [0.1, 0.15) is 117 Å². The van der Waals surface area contributed by atoms with Crippen LogP contribution in [0.4, 0.5) is 0 Å². The summed E-state index contributed by atoms with van der Waals surface area (Å²) in [6.07, 6.45) is 18.6. The second kappa shape index (κ2) is 13.9. The lowest BCUT2D eigenvalue weighted by Crippen LogP contribution is -2.22. The minimum absolute atomic E-state index is 0.218. The third-order valence-electron chi connectivity index (χ3n) is 5.42. The molecule has 0 N–H and O–H groups in total. The maximum absolute atomic E-state index is 12.6. The molecule has 0 aromatic carbocycles. The van der Waals surface area contributed by atoms with Gasteiger partial charge in [-0.25, -0.2) is 0 Å². The van der Waals surface area contributed by atoms with Gasteiger partial charge in [0.25, 0.3) is 0 Å². The maximum Gasteiger partial charge on any atom is 0.229 e. The molecular weight excluding hydrogens is 320 g/mol. The lowest BCUT2D eigenvalue weighted by molar-refractivity contribution is -0.131. The van der Waals surface area contributed by atoms with E-state index in [0.717, 1.165) is 50.5 Å². The summed E-state index contributed by atoms with van der Waals surface area (Å²) in [4.78, 5) is 24.8. The molecule has 0 amide bonds. The van der Waals surface area contributed by atoms with E-state index in [4.69, 9.17) is 0 Å². The van der Waals surface area contributed by atoms with Crippen molar-refractivity contribution in [2.75, 3.05) is 0 Å². The fourth-order valence-corrected chi connectivity index (χ4v) is 3.79. The van der Waals surface area contributed by atoms with Gasteiger partial charge in [0.2, 0.25) is 11.6 Å². The van der Waals surface area contributed by atoms with Crippen molar-refractivity contribution in [3.63, 3.8) is 0 Å². The molecule has 1 rings (SSSR count). The van der Waals surface area contributed by atoms with E-state index in [2.05, 4.69) is 20.8 Å². The van der Waals surface area contributed by atoms with E-state index in [1.54, 1.807) is 6.08 Å². The molecule has 0 spiro atoms. The Hall–Kier alpha value is -1.18. The predicted molar refractivity (Wildman–Crippen MR) is 111 cm³/mol. The average Bonchev–Trinajstić information content (AvgIpc) is 2.64. The molecule has 148 valence electrons. The number of carbonyl (C=O) groups excluding carboxylic acids is 2. The van der Waals surface area contributed by atoms with Crippen molar-refractivity contribution in [2.45, 2.75) is 117 Å². The first-order valence-corrected chi connectivity index (χ1v) is 11.2. The summed E-state index contributed by atoms with van der Waals surface area (Å²) in [5.41, 5.74) is 3.27. The van der Waals surface area contributed by atoms with E-state index < -0.39 is 0 Å². The SMILES string of the molecule is CCCCCCC1=CC(=O)C(=O)C(CCCCCC)=C1CCCCCC. The lowest BCUT2D eigenvalue weighted by atomic mass is 9.82. The van der Waals surface area contributed by atoms with Crippen molar-refractivity contribution in [3.8, 4) is 0 Å². The summed E-state index contributed by atoms with van der Waals surface area (Å²) in [5.74, 6) is -0.498. The fraction of sp³-hybridized carbons (Fsp3) is 0.750. The predicted octanol–water partition coefficient (Wildman–Crippen LogP) is 7.27. The summed E-state index contributed by atoms with van der Waals surface area (Å²) in [6, 6.07) is 0. The van der Waals surface area contributed by atoms with Crippen LogP contribution in [0.25, 0.3) is 0 Å². The van der Waals surface area contributed by atoms with E-state index in [-0.39, 0.29) is 11.6 Å². The number of rotatable bonds is 15. The molecule has 2 heteroatoms. The second-order valence-corrected chi connectivity index (χ2v) is 7.75. The third-order valence-corrected chi connectivity index (χ3v) is 5.42. The second-order valence-electron chi connectivity index (χ2n) is 7.75. The molecule has 0 unspecified atom stereocenters. The van der Waals surface area contributed by atoms with E-state index >= 15 is 0 Å². The fourth-order valence-electron chi connectivity index (χ4n) is 3.79. The van der Waals surface area contributed by atoms with Crippen LogP contribution in [0, 0.1) is 0 Å². The molecule has 0 heterocycles. The summed E-state index contributed by atoms with van der Waals surface area (Å²) >= 11 is 0. The van der Waals surface area contributed by atoms with Crippen LogP contribution in [0.5, 0.6) is 0 Å². The van der Waals surface area contributed by atoms with Gasteiger partial charge in [-0.15, -0.1) is 0 Å². The normalized spacial score (nSPS) is 15.0. The van der Waals surface area contributed by atoms with E-state index in [9.17, 15) is 9.59 Å². The summed E-state index contributed by atoms with van der Waals surface area (Å²) in [5, 5.41) is 0. The third kappa shape index (κ3) is 8.01. The minimum atomic E-state index is -0.279. The Balaban J connectivity index is 2.86. The van der Waals surface area contributed by atoms with Crippen LogP contribution in [0.3, 0.4) is 0 Å². The zero-order valence-corrected chi connectivity index (χ0v) is 17.5. The van der Waals surface area contributed by atoms with Crippen LogP contribution in [0.2, 0.25) is 0 Å². The highest BCUT2D eigenvalue weighted by Gasteiger charge is 2.27. The molecule has 26 heavy (non-hydrogen) atoms. The zero-order chi connectivity index (χ0) is 19.2. The van der Waals surface area contributed by atoms with E-state index in [1.165, 1.54) is 62.5 Å². The van der Waals surface area contributed by atoms with Crippen LogP contribution in [0.15, 0.2) is 22.8 Å². The molecule has 2 nitrogen and oxygen atoms in total. The van der Waals surface area contributed by atoms with Gasteiger partial charge >= 0.3 is 0 Å². The van der Waals surface area contributed by atoms with Gasteiger partial charge in [0.1, 0.15) is 0 Å². The summed E-state index contributed by atoms with van der Waals surface area (Å²) in [6.45, 7) is 6.64. The first kappa shape index (κ1) is 22.9. The Kier molecular flexibility index (Phi) is 12.3. The van der Waals surface area contributed by atoms with E-state index in [0.29, 0.717) is 0 Å². The quantitative estimate of drug-likeness (QED) is 0.175. The van der Waals surface area contributed by atoms with Crippen molar-refractivity contribution in [3.05, 3.63) is 22.8 Å². The monoisotopic (exact) mass is 360 g/mol. The average molecular weight is 361 g/mol. The molecule has 1 aliphatic rings. The van der Waals surface area contributed by atoms with Crippen molar-refractivity contribution in [1.29, 1.82) is 0 Å². The van der Waals surface area contributed by atoms with Crippen LogP contribution >= 0.6 is 0 Å². The minimum Gasteiger partial charge on any atom is -0.286 e. The molecule has 0 aliphatic heterocycles. The van der Waals surface area contributed by atoms with Gasteiger partial charge in [-0.2, -0.15) is 0 Å². The molecule has 0 aromatic heterocycles. The van der Waals surface area contributed by atoms with Crippen LogP contribution < -0.4 is 0 Å². The molecule has 0 aromatic rings. The zero-order valence-electron chi connectivity index (χ0n) is 17.5. The Morgan fingerprint density at radius 1 is 0.577 bits per heavy atom. The molecule has 0 bridgehead atoms. The van der Waals surface area contributed by atoms with Crippen molar-refractivity contribution in [2.24, 2.45) is 0 Å². The Morgan fingerprint density at radius 3 is 1.54 bits per heavy atom. The van der Waals surface area contributed by atoms with Crippen molar-refractivity contribution >= 4 is 11.6 Å². The topological polar surface area (TPSA) is 34.1 Å². The Morgan fingerprint density at radius 2 is 1.04 bits per heavy atom. The number of hydrogen-bond donors (Lipinski definition) is 0. The number of hydrogen-bond acceptors (Lipinski definition) is 2. The highest BCUT2D eigenvalue weighted by molar-refractivity contribution is 6.48. The summed E-state index contributed by atoms with van der Waals surface area (Å²) in [7, 11) is 0. The smallest absolute Gasteiger partial charge is 0.229 e. The molecule has 0 radical (unpaired) electrons. The summed E-state index contributed by atoms with van der Waals surface area (Å²) < 4.78 is 0. The van der Waals surface area contributed by atoms with Crippen molar-refractivity contribution < 1.29 is 9.59 Å². The van der Waals surface area contributed by atoms with Gasteiger partial charge < -0.3 is 0 Å². The largest absolute Gasteiger partial charge is 0.286 e. The van der Waals surface area contributed by atoms with Gasteiger partial charge in [-0.3, -0.25) is 9.59 Å². The number of Topliss-reactive ketones (excluding diaryl/α,β-unsaturated/α-hetero) is 1. The number of unbranched alkanes of at least 4 members (excludes halogenated alkanes) is 9.